The van der Waals surface area contributed by atoms with E-state index < -0.39 is 25.3 Å². The maximum absolute atomic E-state index is 12.0. The van der Waals surface area contributed by atoms with E-state index in [9.17, 15) is 27.2 Å². The lowest BCUT2D eigenvalue weighted by atomic mass is 10.1. The number of carboxylic acids is 1. The third-order valence-corrected chi connectivity index (χ3v) is 3.16. The number of carbonyl (C=O) groups excluding carboxylic acids is 1. The Balaban J connectivity index is 0.000000308. The summed E-state index contributed by atoms with van der Waals surface area (Å²) in [4.78, 5) is 21.1. The Morgan fingerprint density at radius 1 is 1.00 bits per heavy atom. The summed E-state index contributed by atoms with van der Waals surface area (Å²) in [7, 11) is 0. The van der Waals surface area contributed by atoms with E-state index in [0.717, 1.165) is 0 Å². The fourth-order valence-electron chi connectivity index (χ4n) is 2.09. The lowest BCUT2D eigenvalue weighted by molar-refractivity contribution is -0.150. The Hall–Kier alpha value is -3.14. The number of rotatable bonds is 9. The lowest BCUT2D eigenvalue weighted by Crippen LogP contribution is -2.15. The van der Waals surface area contributed by atoms with Gasteiger partial charge in [0, 0.05) is 12.2 Å². The topological polar surface area (TPSA) is 82.1 Å². The van der Waals surface area contributed by atoms with E-state index in [-0.39, 0.29) is 23.7 Å². The Morgan fingerprint density at radius 3 is 2.03 bits per heavy atom. The second-order valence-electron chi connectivity index (χ2n) is 5.19. The minimum Gasteiger partial charge on any atom is -0.479 e. The molecule has 0 bridgehead atoms. The van der Waals surface area contributed by atoms with Crippen LogP contribution in [0.2, 0.25) is 0 Å². The van der Waals surface area contributed by atoms with Gasteiger partial charge in [0.2, 0.25) is 0 Å². The molecule has 29 heavy (non-hydrogen) atoms. The second kappa shape index (κ2) is 12.3. The Morgan fingerprint density at radius 2 is 1.55 bits per heavy atom. The highest BCUT2D eigenvalue weighted by molar-refractivity contribution is 5.75. The number of alkyl halides is 4. The molecule has 0 radical (unpaired) electrons. The van der Waals surface area contributed by atoms with Crippen LogP contribution in [0.25, 0.3) is 0 Å². The highest BCUT2D eigenvalue weighted by Gasteiger charge is 2.20. The molecule has 0 aromatic heterocycles. The standard InChI is InChI=1S/C11H12F2O4.C8H6F2O2/c1-2-16-9(10(14)15)7-4-3-5-8(6-7)17-11(12)13;9-8(10)12-7-3-1-2-6(4-7)5-11/h3-6,9,11H,2H2,1H3,(H,14,15);1-5,8H. The summed E-state index contributed by atoms with van der Waals surface area (Å²) in [5.74, 6) is -1.28. The van der Waals surface area contributed by atoms with Gasteiger partial charge in [0.25, 0.3) is 0 Å². The second-order valence-corrected chi connectivity index (χ2v) is 5.19. The van der Waals surface area contributed by atoms with Gasteiger partial charge in [-0.05, 0) is 36.8 Å². The fourth-order valence-corrected chi connectivity index (χ4v) is 2.09. The Bertz CT molecular complexity index is 785. The number of hydrogen-bond donors (Lipinski definition) is 1. The Kier molecular flexibility index (Phi) is 10.2. The van der Waals surface area contributed by atoms with Crippen LogP contribution in [-0.4, -0.2) is 37.2 Å². The smallest absolute Gasteiger partial charge is 0.387 e. The van der Waals surface area contributed by atoms with Gasteiger partial charge in [-0.3, -0.25) is 4.79 Å². The summed E-state index contributed by atoms with van der Waals surface area (Å²) >= 11 is 0. The van der Waals surface area contributed by atoms with Crippen molar-refractivity contribution in [3.8, 4) is 11.5 Å². The van der Waals surface area contributed by atoms with Crippen molar-refractivity contribution >= 4 is 12.3 Å². The molecule has 0 saturated carbocycles. The minimum absolute atomic E-state index is 0.00500. The van der Waals surface area contributed by atoms with Crippen molar-refractivity contribution in [3.63, 3.8) is 0 Å². The lowest BCUT2D eigenvalue weighted by Gasteiger charge is -2.13. The van der Waals surface area contributed by atoms with E-state index in [1.54, 1.807) is 6.92 Å². The van der Waals surface area contributed by atoms with E-state index >= 15 is 0 Å². The van der Waals surface area contributed by atoms with E-state index in [1.807, 2.05) is 0 Å². The van der Waals surface area contributed by atoms with Gasteiger partial charge in [-0.1, -0.05) is 24.3 Å². The van der Waals surface area contributed by atoms with Gasteiger partial charge in [0.1, 0.15) is 17.8 Å². The molecule has 0 amide bonds. The molecule has 1 N–H and O–H groups in total. The van der Waals surface area contributed by atoms with Gasteiger partial charge in [0.15, 0.2) is 6.10 Å². The number of halogens is 4. The fraction of sp³-hybridized carbons (Fsp3) is 0.263. The Labute approximate surface area is 163 Å². The van der Waals surface area contributed by atoms with Gasteiger partial charge < -0.3 is 19.3 Å². The number of carboxylic acid groups (broad SMARTS) is 1. The van der Waals surface area contributed by atoms with Crippen LogP contribution in [-0.2, 0) is 9.53 Å². The predicted octanol–water partition coefficient (Wildman–Crippen LogP) is 4.55. The molecular formula is C19H18F4O6. The van der Waals surface area contributed by atoms with E-state index in [2.05, 4.69) is 9.47 Å². The first-order chi connectivity index (χ1) is 13.8. The van der Waals surface area contributed by atoms with Crippen LogP contribution in [0.3, 0.4) is 0 Å². The number of benzene rings is 2. The predicted molar refractivity (Wildman–Crippen MR) is 93.5 cm³/mol. The molecule has 2 rings (SSSR count). The average molecular weight is 418 g/mol. The molecule has 0 spiro atoms. The molecule has 0 aliphatic heterocycles. The van der Waals surface area contributed by atoms with Crippen molar-refractivity contribution in [2.24, 2.45) is 0 Å². The summed E-state index contributed by atoms with van der Waals surface area (Å²) in [5.41, 5.74) is 0.575. The van der Waals surface area contributed by atoms with Crippen molar-refractivity contribution < 1.29 is 46.5 Å². The van der Waals surface area contributed by atoms with E-state index in [0.29, 0.717) is 11.8 Å². The van der Waals surface area contributed by atoms with E-state index in [4.69, 9.17) is 9.84 Å². The van der Waals surface area contributed by atoms with Crippen molar-refractivity contribution in [1.82, 2.24) is 0 Å². The molecule has 1 unspecified atom stereocenters. The van der Waals surface area contributed by atoms with Gasteiger partial charge >= 0.3 is 19.2 Å². The molecule has 1 atom stereocenters. The summed E-state index contributed by atoms with van der Waals surface area (Å²) in [6.07, 6.45) is -0.612. The number of carbonyl (C=O) groups is 2. The quantitative estimate of drug-likeness (QED) is 0.475. The normalized spacial score (nSPS) is 11.4. The van der Waals surface area contributed by atoms with Gasteiger partial charge in [-0.15, -0.1) is 0 Å². The maximum Gasteiger partial charge on any atom is 0.387 e. The zero-order chi connectivity index (χ0) is 21.8. The average Bonchev–Trinajstić information content (AvgIpc) is 2.65. The number of ether oxygens (including phenoxy) is 3. The molecule has 6 nitrogen and oxygen atoms in total. The largest absolute Gasteiger partial charge is 0.479 e. The number of aliphatic carboxylic acids is 1. The number of hydrogen-bond acceptors (Lipinski definition) is 5. The monoisotopic (exact) mass is 418 g/mol. The van der Waals surface area contributed by atoms with Crippen LogP contribution in [0.5, 0.6) is 11.5 Å². The van der Waals surface area contributed by atoms with Crippen molar-refractivity contribution in [2.45, 2.75) is 26.3 Å². The van der Waals surface area contributed by atoms with Crippen LogP contribution >= 0.6 is 0 Å². The molecule has 158 valence electrons. The van der Waals surface area contributed by atoms with Gasteiger partial charge in [0.05, 0.1) is 0 Å². The summed E-state index contributed by atoms with van der Waals surface area (Å²) in [6.45, 7) is -3.95. The molecule has 0 fully saturated rings. The van der Waals surface area contributed by atoms with Gasteiger partial charge in [-0.25, -0.2) is 4.79 Å². The zero-order valence-corrected chi connectivity index (χ0v) is 15.1. The molecular weight excluding hydrogens is 400 g/mol. The first kappa shape index (κ1) is 23.9. The van der Waals surface area contributed by atoms with Crippen molar-refractivity contribution in [3.05, 3.63) is 59.7 Å². The first-order valence-corrected chi connectivity index (χ1v) is 8.16. The summed E-state index contributed by atoms with van der Waals surface area (Å²) in [6, 6.07) is 11.0. The van der Waals surface area contributed by atoms with Crippen molar-refractivity contribution in [2.75, 3.05) is 6.61 Å². The first-order valence-electron chi connectivity index (χ1n) is 8.16. The van der Waals surface area contributed by atoms with Crippen LogP contribution in [0.1, 0.15) is 28.9 Å². The molecule has 2 aromatic rings. The molecule has 0 aliphatic carbocycles. The number of aldehydes is 1. The minimum atomic E-state index is -2.94. The third kappa shape index (κ3) is 9.06. The molecule has 0 heterocycles. The van der Waals surface area contributed by atoms with Crippen molar-refractivity contribution in [1.29, 1.82) is 0 Å². The van der Waals surface area contributed by atoms with Crippen LogP contribution in [0.15, 0.2) is 48.5 Å². The molecule has 2 aromatic carbocycles. The molecule has 0 aliphatic rings. The van der Waals surface area contributed by atoms with Crippen LogP contribution < -0.4 is 9.47 Å². The molecule has 10 heteroatoms. The summed E-state index contributed by atoms with van der Waals surface area (Å²) in [5, 5.41) is 8.92. The highest BCUT2D eigenvalue weighted by Crippen LogP contribution is 2.23. The van der Waals surface area contributed by atoms with Gasteiger partial charge in [-0.2, -0.15) is 17.6 Å². The maximum atomic E-state index is 12.0. The van der Waals surface area contributed by atoms with Crippen LogP contribution in [0.4, 0.5) is 17.6 Å². The van der Waals surface area contributed by atoms with Crippen LogP contribution in [0, 0.1) is 0 Å². The third-order valence-electron chi connectivity index (χ3n) is 3.16. The highest BCUT2D eigenvalue weighted by atomic mass is 19.3. The van der Waals surface area contributed by atoms with E-state index in [1.165, 1.54) is 48.5 Å². The molecule has 0 saturated heterocycles. The summed E-state index contributed by atoms with van der Waals surface area (Å²) < 4.78 is 60.5. The SMILES string of the molecule is CCOC(C(=O)O)c1cccc(OC(F)F)c1.O=Cc1cccc(OC(F)F)c1. The zero-order valence-electron chi connectivity index (χ0n) is 15.1.